The molecule has 1 aromatic carbocycles. The van der Waals surface area contributed by atoms with E-state index in [0.29, 0.717) is 18.7 Å². The van der Waals surface area contributed by atoms with Gasteiger partial charge in [-0.25, -0.2) is 4.39 Å². The molecule has 3 nitrogen and oxygen atoms in total. The monoisotopic (exact) mass is 251 g/mol. The van der Waals surface area contributed by atoms with Gasteiger partial charge in [0, 0.05) is 32.0 Å². The van der Waals surface area contributed by atoms with Gasteiger partial charge in [0.1, 0.15) is 5.78 Å². The van der Waals surface area contributed by atoms with E-state index in [1.54, 1.807) is 6.07 Å². The second-order valence-electron chi connectivity index (χ2n) is 4.82. The second-order valence-corrected chi connectivity index (χ2v) is 4.82. The summed E-state index contributed by atoms with van der Waals surface area (Å²) >= 11 is 0. The molecule has 98 valence electrons. The fourth-order valence-electron chi connectivity index (χ4n) is 2.31. The van der Waals surface area contributed by atoms with Crippen LogP contribution in [0.15, 0.2) is 18.2 Å². The summed E-state index contributed by atoms with van der Waals surface area (Å²) in [5.74, 6) is 0.339. The lowest BCUT2D eigenvalue weighted by atomic mass is 9.98. The van der Waals surface area contributed by atoms with Crippen molar-refractivity contribution in [3.63, 3.8) is 0 Å². The summed E-state index contributed by atoms with van der Waals surface area (Å²) in [5, 5.41) is 0. The van der Waals surface area contributed by atoms with Gasteiger partial charge in [0.25, 0.3) is 0 Å². The molecule has 1 aliphatic heterocycles. The zero-order valence-corrected chi connectivity index (χ0v) is 10.8. The number of benzene rings is 1. The van der Waals surface area contributed by atoms with Crippen LogP contribution in [-0.2, 0) is 11.3 Å². The average Bonchev–Trinajstić information content (AvgIpc) is 2.34. The van der Waals surface area contributed by atoms with Crippen molar-refractivity contribution in [1.29, 1.82) is 0 Å². The number of carbonyl (C=O) groups excluding carboxylic acids is 1. The van der Waals surface area contributed by atoms with E-state index in [4.69, 9.17) is 4.74 Å². The van der Waals surface area contributed by atoms with Gasteiger partial charge in [-0.2, -0.15) is 0 Å². The fraction of sp³-hybridized carbons (Fsp3) is 0.500. The zero-order chi connectivity index (χ0) is 13.1. The molecule has 0 amide bonds. The molecule has 0 saturated carbocycles. The van der Waals surface area contributed by atoms with Gasteiger partial charge in [-0.15, -0.1) is 0 Å². The molecule has 2 rings (SSSR count). The van der Waals surface area contributed by atoms with Crippen LogP contribution in [0.2, 0.25) is 0 Å². The van der Waals surface area contributed by atoms with Crippen molar-refractivity contribution < 1.29 is 13.9 Å². The predicted molar refractivity (Wildman–Crippen MR) is 67.0 cm³/mol. The Morgan fingerprint density at radius 3 is 2.89 bits per heavy atom. The van der Waals surface area contributed by atoms with Crippen LogP contribution in [0, 0.1) is 11.7 Å². The van der Waals surface area contributed by atoms with Crippen LogP contribution < -0.4 is 4.74 Å². The topological polar surface area (TPSA) is 29.5 Å². The molecular weight excluding hydrogens is 233 g/mol. The van der Waals surface area contributed by atoms with Crippen molar-refractivity contribution in [3.05, 3.63) is 29.6 Å². The molecule has 1 aromatic rings. The lowest BCUT2D eigenvalue weighted by Crippen LogP contribution is -2.39. The number of ketones is 1. The summed E-state index contributed by atoms with van der Waals surface area (Å²) in [4.78, 5) is 13.6. The Morgan fingerprint density at radius 1 is 1.50 bits per heavy atom. The first-order valence-electron chi connectivity index (χ1n) is 6.17. The third-order valence-corrected chi connectivity index (χ3v) is 3.38. The van der Waals surface area contributed by atoms with Crippen LogP contribution in [0.4, 0.5) is 4.39 Å². The maximum atomic E-state index is 13.5. The fourth-order valence-corrected chi connectivity index (χ4v) is 2.31. The number of likely N-dealkylation sites (tertiary alicyclic amines) is 1. The molecule has 0 N–H and O–H groups in total. The average molecular weight is 251 g/mol. The number of rotatable bonds is 3. The highest BCUT2D eigenvalue weighted by atomic mass is 19.1. The summed E-state index contributed by atoms with van der Waals surface area (Å²) in [5.41, 5.74) is 0.912. The van der Waals surface area contributed by atoms with Crippen molar-refractivity contribution >= 4 is 5.78 Å². The van der Waals surface area contributed by atoms with E-state index in [2.05, 4.69) is 4.90 Å². The summed E-state index contributed by atoms with van der Waals surface area (Å²) in [7, 11) is 1.45. The third kappa shape index (κ3) is 2.88. The number of carbonyl (C=O) groups is 1. The Bertz CT molecular complexity index is 447. The Hall–Kier alpha value is -1.42. The summed E-state index contributed by atoms with van der Waals surface area (Å²) in [6.45, 7) is 4.14. The van der Waals surface area contributed by atoms with E-state index in [-0.39, 0.29) is 17.5 Å². The van der Waals surface area contributed by atoms with E-state index < -0.39 is 0 Å². The van der Waals surface area contributed by atoms with Gasteiger partial charge in [0.05, 0.1) is 7.11 Å². The van der Waals surface area contributed by atoms with Gasteiger partial charge in [0.2, 0.25) is 0 Å². The molecule has 1 heterocycles. The number of nitrogens with zero attached hydrogens (tertiary/aromatic N) is 1. The van der Waals surface area contributed by atoms with Crippen molar-refractivity contribution in [3.8, 4) is 5.75 Å². The van der Waals surface area contributed by atoms with Gasteiger partial charge in [-0.05, 0) is 17.7 Å². The molecular formula is C14H18FNO2. The van der Waals surface area contributed by atoms with Crippen LogP contribution >= 0.6 is 0 Å². The summed E-state index contributed by atoms with van der Waals surface area (Å²) in [6, 6.07) is 5.01. The minimum absolute atomic E-state index is 0.0850. The molecule has 1 aliphatic rings. The number of hydrogen-bond acceptors (Lipinski definition) is 3. The second kappa shape index (κ2) is 5.48. The van der Waals surface area contributed by atoms with E-state index in [0.717, 1.165) is 18.7 Å². The van der Waals surface area contributed by atoms with Crippen LogP contribution in [0.25, 0.3) is 0 Å². The zero-order valence-electron chi connectivity index (χ0n) is 10.8. The minimum Gasteiger partial charge on any atom is -0.494 e. The molecule has 0 bridgehead atoms. The molecule has 4 heteroatoms. The molecule has 1 saturated heterocycles. The maximum absolute atomic E-state index is 13.5. The first-order valence-corrected chi connectivity index (χ1v) is 6.17. The largest absolute Gasteiger partial charge is 0.494 e. The molecule has 1 unspecified atom stereocenters. The van der Waals surface area contributed by atoms with E-state index >= 15 is 0 Å². The van der Waals surface area contributed by atoms with E-state index in [1.807, 2.05) is 13.0 Å². The molecule has 0 spiro atoms. The number of ether oxygens (including phenoxy) is 1. The molecule has 0 aliphatic carbocycles. The van der Waals surface area contributed by atoms with Crippen molar-refractivity contribution in [1.82, 2.24) is 4.90 Å². The van der Waals surface area contributed by atoms with Gasteiger partial charge in [0.15, 0.2) is 11.6 Å². The van der Waals surface area contributed by atoms with Gasteiger partial charge in [-0.3, -0.25) is 9.69 Å². The van der Waals surface area contributed by atoms with Crippen LogP contribution in [0.5, 0.6) is 5.75 Å². The lowest BCUT2D eigenvalue weighted by Gasteiger charge is -2.29. The van der Waals surface area contributed by atoms with Crippen molar-refractivity contribution in [2.45, 2.75) is 19.9 Å². The van der Waals surface area contributed by atoms with E-state index in [9.17, 15) is 9.18 Å². The standard InChI is InChI=1S/C14H18FNO2/c1-10-8-16(6-5-13(10)17)9-11-3-4-14(18-2)12(15)7-11/h3-4,7,10H,5-6,8-9H2,1-2H3. The molecule has 1 atom stereocenters. The van der Waals surface area contributed by atoms with Gasteiger partial charge < -0.3 is 4.74 Å². The Balaban J connectivity index is 2.01. The highest BCUT2D eigenvalue weighted by Crippen LogP contribution is 2.20. The molecule has 0 aromatic heterocycles. The normalized spacial score (nSPS) is 21.1. The van der Waals surface area contributed by atoms with Crippen LogP contribution in [0.3, 0.4) is 0 Å². The summed E-state index contributed by atoms with van der Waals surface area (Å²) in [6.07, 6.45) is 0.597. The summed E-state index contributed by atoms with van der Waals surface area (Å²) < 4.78 is 18.4. The SMILES string of the molecule is COc1ccc(CN2CCC(=O)C(C)C2)cc1F. The molecule has 18 heavy (non-hydrogen) atoms. The number of piperidine rings is 1. The number of hydrogen-bond donors (Lipinski definition) is 0. The Morgan fingerprint density at radius 2 is 2.28 bits per heavy atom. The third-order valence-electron chi connectivity index (χ3n) is 3.38. The number of methoxy groups -OCH3 is 1. The first kappa shape index (κ1) is 13.0. The maximum Gasteiger partial charge on any atom is 0.165 e. The van der Waals surface area contributed by atoms with Gasteiger partial charge in [-0.1, -0.05) is 13.0 Å². The van der Waals surface area contributed by atoms with Crippen LogP contribution in [-0.4, -0.2) is 30.9 Å². The lowest BCUT2D eigenvalue weighted by molar-refractivity contribution is -0.125. The number of Topliss-reactive ketones (excluding diaryl/α,β-unsaturated/α-hetero) is 1. The quantitative estimate of drug-likeness (QED) is 0.825. The number of halogens is 1. The van der Waals surface area contributed by atoms with Gasteiger partial charge >= 0.3 is 0 Å². The highest BCUT2D eigenvalue weighted by molar-refractivity contribution is 5.81. The Kier molecular flexibility index (Phi) is 3.97. The van der Waals surface area contributed by atoms with Crippen LogP contribution in [0.1, 0.15) is 18.9 Å². The highest BCUT2D eigenvalue weighted by Gasteiger charge is 2.23. The Labute approximate surface area is 107 Å². The predicted octanol–water partition coefficient (Wildman–Crippen LogP) is 2.25. The molecule has 0 radical (unpaired) electrons. The smallest absolute Gasteiger partial charge is 0.165 e. The van der Waals surface area contributed by atoms with Crippen molar-refractivity contribution in [2.24, 2.45) is 5.92 Å². The van der Waals surface area contributed by atoms with E-state index in [1.165, 1.54) is 13.2 Å². The molecule has 1 fully saturated rings. The first-order chi connectivity index (χ1) is 8.60. The van der Waals surface area contributed by atoms with Crippen molar-refractivity contribution in [2.75, 3.05) is 20.2 Å². The minimum atomic E-state index is -0.337.